The lowest BCUT2D eigenvalue weighted by atomic mass is 9.33. The van der Waals surface area contributed by atoms with Crippen LogP contribution in [0.15, 0.2) is 115 Å². The molecule has 0 aromatic heterocycles. The first kappa shape index (κ1) is 25.7. The van der Waals surface area contributed by atoms with Crippen LogP contribution in [0.3, 0.4) is 0 Å². The molecule has 202 valence electrons. The smallest absolute Gasteiger partial charge is 0.252 e. The molecule has 3 heteroatoms. The number of anilines is 6. The molecule has 0 fully saturated rings. The van der Waals surface area contributed by atoms with Gasteiger partial charge in [-0.15, -0.1) is 0 Å². The number of para-hydroxylation sites is 2. The lowest BCUT2D eigenvalue weighted by molar-refractivity contribution is 0.590. The Balaban J connectivity index is 1.46. The largest absolute Gasteiger partial charge is 0.311 e. The second kappa shape index (κ2) is 9.14. The second-order valence-corrected chi connectivity index (χ2v) is 13.5. The van der Waals surface area contributed by atoms with E-state index >= 15 is 0 Å². The van der Waals surface area contributed by atoms with E-state index in [9.17, 15) is 0 Å². The van der Waals surface area contributed by atoms with Gasteiger partial charge >= 0.3 is 0 Å². The van der Waals surface area contributed by atoms with Crippen molar-refractivity contribution in [3.05, 3.63) is 126 Å². The van der Waals surface area contributed by atoms with Gasteiger partial charge in [-0.2, -0.15) is 0 Å². The lowest BCUT2D eigenvalue weighted by Gasteiger charge is -2.44. The molecule has 5 aromatic rings. The number of rotatable bonds is 2. The molecule has 2 aliphatic rings. The van der Waals surface area contributed by atoms with Crippen LogP contribution in [0.5, 0.6) is 0 Å². The minimum Gasteiger partial charge on any atom is -0.311 e. The van der Waals surface area contributed by atoms with Crippen molar-refractivity contribution < 1.29 is 0 Å². The van der Waals surface area contributed by atoms with Gasteiger partial charge in [0.2, 0.25) is 0 Å². The Morgan fingerprint density at radius 1 is 0.415 bits per heavy atom. The van der Waals surface area contributed by atoms with Crippen LogP contribution < -0.4 is 26.2 Å². The van der Waals surface area contributed by atoms with Crippen molar-refractivity contribution in [1.82, 2.24) is 0 Å². The molecule has 0 bridgehead atoms. The van der Waals surface area contributed by atoms with Gasteiger partial charge in [-0.25, -0.2) is 0 Å². The summed E-state index contributed by atoms with van der Waals surface area (Å²) < 4.78 is 0. The fourth-order valence-corrected chi connectivity index (χ4v) is 6.61. The lowest BCUT2D eigenvalue weighted by Crippen LogP contribution is -2.61. The number of hydrogen-bond acceptors (Lipinski definition) is 2. The molecule has 0 saturated heterocycles. The van der Waals surface area contributed by atoms with Gasteiger partial charge in [-0.1, -0.05) is 108 Å². The summed E-state index contributed by atoms with van der Waals surface area (Å²) in [5, 5.41) is 0. The van der Waals surface area contributed by atoms with E-state index < -0.39 is 0 Å². The van der Waals surface area contributed by atoms with Crippen LogP contribution in [-0.2, 0) is 10.8 Å². The Bertz CT molecular complexity index is 1630. The van der Waals surface area contributed by atoms with Gasteiger partial charge in [0.1, 0.15) is 0 Å². The van der Waals surface area contributed by atoms with Crippen LogP contribution in [0.2, 0.25) is 0 Å². The summed E-state index contributed by atoms with van der Waals surface area (Å²) in [6, 6.07) is 43.0. The van der Waals surface area contributed by atoms with Gasteiger partial charge in [0.15, 0.2) is 0 Å². The van der Waals surface area contributed by atoms with E-state index in [1.807, 2.05) is 0 Å². The van der Waals surface area contributed by atoms with Crippen LogP contribution in [0.1, 0.15) is 52.7 Å². The van der Waals surface area contributed by atoms with Crippen molar-refractivity contribution in [2.24, 2.45) is 0 Å². The van der Waals surface area contributed by atoms with Crippen LogP contribution in [0.25, 0.3) is 0 Å². The van der Waals surface area contributed by atoms with E-state index in [0.29, 0.717) is 0 Å². The molecule has 0 saturated carbocycles. The molecule has 7 rings (SSSR count). The predicted molar refractivity (Wildman–Crippen MR) is 178 cm³/mol. The average molecular weight is 533 g/mol. The third kappa shape index (κ3) is 4.10. The predicted octanol–water partition coefficient (Wildman–Crippen LogP) is 8.36. The van der Waals surface area contributed by atoms with E-state index in [1.165, 1.54) is 61.6 Å². The second-order valence-electron chi connectivity index (χ2n) is 13.5. The van der Waals surface area contributed by atoms with Crippen molar-refractivity contribution in [2.45, 2.75) is 52.4 Å². The first-order chi connectivity index (χ1) is 19.6. The Labute approximate surface area is 245 Å². The fraction of sp³-hybridized carbons (Fsp3) is 0.211. The molecular weight excluding hydrogens is 495 g/mol. The fourth-order valence-electron chi connectivity index (χ4n) is 6.61. The topological polar surface area (TPSA) is 6.48 Å². The molecule has 41 heavy (non-hydrogen) atoms. The number of nitrogens with zero attached hydrogens (tertiary/aromatic N) is 2. The Kier molecular flexibility index (Phi) is 5.73. The maximum absolute atomic E-state index is 2.46. The van der Waals surface area contributed by atoms with E-state index in [-0.39, 0.29) is 17.5 Å². The molecule has 0 radical (unpaired) electrons. The van der Waals surface area contributed by atoms with Gasteiger partial charge in [0, 0.05) is 34.1 Å². The van der Waals surface area contributed by atoms with Gasteiger partial charge in [0.25, 0.3) is 6.71 Å². The van der Waals surface area contributed by atoms with Gasteiger partial charge in [-0.3, -0.25) is 0 Å². The quantitative estimate of drug-likeness (QED) is 0.207. The standard InChI is InChI=1S/C38H37BN2/c1-37(2,3)26-18-22-28(23-19-26)40-32-14-9-7-12-30(32)39-31-13-8-10-15-33(31)41(35-17-11-16-34(40)36(35)39)29-24-20-27(21-25-29)38(4,5)6/h7-25H,1-6H3. The van der Waals surface area contributed by atoms with Crippen molar-refractivity contribution in [1.29, 1.82) is 0 Å². The minimum atomic E-state index is 0.113. The molecule has 0 amide bonds. The van der Waals surface area contributed by atoms with E-state index in [0.717, 1.165) is 0 Å². The molecule has 0 aliphatic carbocycles. The van der Waals surface area contributed by atoms with Crippen LogP contribution >= 0.6 is 0 Å². The highest BCUT2D eigenvalue weighted by Crippen LogP contribution is 2.44. The summed E-state index contributed by atoms with van der Waals surface area (Å²) in [5.74, 6) is 0. The van der Waals surface area contributed by atoms with Crippen molar-refractivity contribution in [2.75, 3.05) is 9.80 Å². The summed E-state index contributed by atoms with van der Waals surface area (Å²) in [5.41, 5.74) is 14.4. The highest BCUT2D eigenvalue weighted by atomic mass is 15.2. The van der Waals surface area contributed by atoms with Crippen molar-refractivity contribution in [3.8, 4) is 0 Å². The van der Waals surface area contributed by atoms with Crippen LogP contribution in [0.4, 0.5) is 34.1 Å². The maximum Gasteiger partial charge on any atom is 0.252 e. The first-order valence-corrected chi connectivity index (χ1v) is 14.7. The molecule has 0 N–H and O–H groups in total. The average Bonchev–Trinajstić information content (AvgIpc) is 2.96. The minimum absolute atomic E-state index is 0.113. The highest BCUT2D eigenvalue weighted by Gasteiger charge is 2.42. The molecule has 5 aromatic carbocycles. The summed E-state index contributed by atoms with van der Waals surface area (Å²) in [4.78, 5) is 4.93. The van der Waals surface area contributed by atoms with Crippen molar-refractivity contribution in [3.63, 3.8) is 0 Å². The maximum atomic E-state index is 2.46. The third-order valence-electron chi connectivity index (χ3n) is 8.79. The summed E-state index contributed by atoms with van der Waals surface area (Å²) >= 11 is 0. The number of fused-ring (bicyclic) bond motifs is 4. The number of hydrogen-bond donors (Lipinski definition) is 0. The molecule has 0 unspecified atom stereocenters. The van der Waals surface area contributed by atoms with Crippen molar-refractivity contribution >= 4 is 57.2 Å². The molecular formula is C38H37BN2. The Hall–Kier alpha value is -4.24. The van der Waals surface area contributed by atoms with Crippen LogP contribution in [-0.4, -0.2) is 6.71 Å². The SMILES string of the molecule is CC(C)(C)c1ccc(N2c3ccccc3B3c4ccccc4N(c4ccc(C(C)(C)C)cc4)c4cccc2c43)cc1. The van der Waals surface area contributed by atoms with E-state index in [2.05, 4.69) is 167 Å². The zero-order valence-corrected chi connectivity index (χ0v) is 24.9. The number of benzene rings is 5. The van der Waals surface area contributed by atoms with E-state index in [1.54, 1.807) is 0 Å². The Morgan fingerprint density at radius 2 is 0.780 bits per heavy atom. The molecule has 0 atom stereocenters. The Morgan fingerprint density at radius 3 is 1.17 bits per heavy atom. The first-order valence-electron chi connectivity index (χ1n) is 14.7. The van der Waals surface area contributed by atoms with E-state index in [4.69, 9.17) is 0 Å². The zero-order valence-electron chi connectivity index (χ0n) is 24.9. The molecule has 2 nitrogen and oxygen atoms in total. The van der Waals surface area contributed by atoms with Gasteiger partial charge < -0.3 is 9.80 Å². The van der Waals surface area contributed by atoms with Gasteiger partial charge in [0.05, 0.1) is 0 Å². The molecule has 0 spiro atoms. The molecule has 2 aliphatic heterocycles. The third-order valence-corrected chi connectivity index (χ3v) is 8.79. The summed E-state index contributed by atoms with van der Waals surface area (Å²) in [6.45, 7) is 13.8. The van der Waals surface area contributed by atoms with Crippen LogP contribution in [0, 0.1) is 0 Å². The normalized spacial score (nSPS) is 14.0. The van der Waals surface area contributed by atoms with Gasteiger partial charge in [-0.05, 0) is 86.9 Å². The highest BCUT2D eigenvalue weighted by molar-refractivity contribution is 7.00. The zero-order chi connectivity index (χ0) is 28.5. The monoisotopic (exact) mass is 532 g/mol. The summed E-state index contributed by atoms with van der Waals surface area (Å²) in [7, 11) is 0. The molecule has 2 heterocycles. The summed E-state index contributed by atoms with van der Waals surface area (Å²) in [6.07, 6.45) is 0.